The van der Waals surface area contributed by atoms with Crippen LogP contribution in [0.3, 0.4) is 0 Å². The first-order valence-electron chi connectivity index (χ1n) is 14.1. The van der Waals surface area contributed by atoms with Gasteiger partial charge in [-0.1, -0.05) is 5.57 Å². The summed E-state index contributed by atoms with van der Waals surface area (Å²) in [5, 5.41) is 8.82. The van der Waals surface area contributed by atoms with Crippen molar-refractivity contribution in [2.24, 2.45) is 12.5 Å². The fourth-order valence-electron chi connectivity index (χ4n) is 6.56. The van der Waals surface area contributed by atoms with Gasteiger partial charge in [0.2, 0.25) is 5.95 Å². The highest BCUT2D eigenvalue weighted by molar-refractivity contribution is 7.89. The number of pyridine rings is 2. The van der Waals surface area contributed by atoms with E-state index >= 15 is 0 Å². The van der Waals surface area contributed by atoms with E-state index < -0.39 is 21.4 Å². The number of halogens is 1. The molecule has 0 aromatic carbocycles. The maximum Gasteiger partial charge on any atom is 0.262 e. The molecule has 12 heteroatoms. The lowest BCUT2D eigenvalue weighted by molar-refractivity contribution is 0.0733. The lowest BCUT2D eigenvalue weighted by Gasteiger charge is -2.46. The van der Waals surface area contributed by atoms with Gasteiger partial charge in [0.1, 0.15) is 5.69 Å². The zero-order valence-electron chi connectivity index (χ0n) is 23.3. The average molecular weight is 588 g/mol. The Morgan fingerprint density at radius 3 is 2.62 bits per heavy atom. The molecule has 0 spiro atoms. The number of carbonyl (C=O) groups excluding carboxylic acids is 1. The number of aromatic nitrogens is 6. The first-order chi connectivity index (χ1) is 20.2. The van der Waals surface area contributed by atoms with Gasteiger partial charge in [-0.15, -0.1) is 0 Å². The third-order valence-electron chi connectivity index (χ3n) is 8.67. The number of aryl methyl sites for hydroxylation is 2. The number of hydrogen-bond acceptors (Lipinski definition) is 7. The van der Waals surface area contributed by atoms with E-state index in [1.165, 1.54) is 23.0 Å². The number of nitrogens with zero attached hydrogens (tertiary/aromatic N) is 7. The van der Waals surface area contributed by atoms with Crippen LogP contribution in [0.25, 0.3) is 11.8 Å². The molecule has 4 aromatic heterocycles. The molecule has 2 saturated carbocycles. The van der Waals surface area contributed by atoms with Gasteiger partial charge in [0.05, 0.1) is 29.2 Å². The molecule has 42 heavy (non-hydrogen) atoms. The van der Waals surface area contributed by atoms with Gasteiger partial charge in [-0.3, -0.25) is 14.5 Å². The number of hydrogen-bond donors (Lipinski definition) is 0. The van der Waals surface area contributed by atoms with Crippen LogP contribution in [0.2, 0.25) is 0 Å². The predicted octanol–water partition coefficient (Wildman–Crippen LogP) is 4.06. The first-order valence-corrected chi connectivity index (χ1v) is 15.5. The Balaban J connectivity index is 1.32. The minimum absolute atomic E-state index is 0.0269. The normalized spacial score (nSPS) is 22.0. The number of carbonyl (C=O) groups is 1. The molecule has 3 aliphatic rings. The van der Waals surface area contributed by atoms with Crippen molar-refractivity contribution < 1.29 is 17.6 Å². The van der Waals surface area contributed by atoms with E-state index in [0.29, 0.717) is 37.1 Å². The summed E-state index contributed by atoms with van der Waals surface area (Å²) in [6, 6.07) is 7.59. The molecule has 0 saturated heterocycles. The Bertz CT molecular complexity index is 1840. The minimum atomic E-state index is -3.87. The molecule has 0 unspecified atom stereocenters. The van der Waals surface area contributed by atoms with E-state index in [1.807, 2.05) is 19.1 Å². The van der Waals surface area contributed by atoms with Gasteiger partial charge in [-0.25, -0.2) is 18.1 Å². The topological polar surface area (TPSA) is 116 Å². The van der Waals surface area contributed by atoms with Crippen molar-refractivity contribution in [3.8, 4) is 5.69 Å². The Kier molecular flexibility index (Phi) is 6.24. The number of ketones is 1. The molecule has 4 aromatic rings. The molecule has 2 fully saturated rings. The molecule has 0 bridgehead atoms. The van der Waals surface area contributed by atoms with Crippen molar-refractivity contribution in [1.29, 1.82) is 0 Å². The Hall–Kier alpha value is -4.03. The highest BCUT2D eigenvalue weighted by Crippen LogP contribution is 2.52. The second-order valence-electron chi connectivity index (χ2n) is 11.6. The van der Waals surface area contributed by atoms with Gasteiger partial charge in [0.15, 0.2) is 10.8 Å². The van der Waals surface area contributed by atoms with E-state index in [0.717, 1.165) is 35.2 Å². The zero-order chi connectivity index (χ0) is 29.2. The van der Waals surface area contributed by atoms with Crippen LogP contribution >= 0.6 is 0 Å². The fourth-order valence-corrected chi connectivity index (χ4v) is 8.42. The molecule has 0 aliphatic heterocycles. The maximum absolute atomic E-state index is 14.5. The minimum Gasteiger partial charge on any atom is -0.291 e. The highest BCUT2D eigenvalue weighted by atomic mass is 32.2. The molecule has 7 rings (SSSR count). The molecule has 3 aliphatic carbocycles. The van der Waals surface area contributed by atoms with Crippen molar-refractivity contribution in [1.82, 2.24) is 33.8 Å². The molecular weight excluding hydrogens is 557 g/mol. The molecule has 0 radical (unpaired) electrons. The highest BCUT2D eigenvalue weighted by Gasteiger charge is 2.54. The van der Waals surface area contributed by atoms with Crippen molar-refractivity contribution in [3.05, 3.63) is 89.2 Å². The number of allylic oxidation sites excluding steroid dienone is 1. The van der Waals surface area contributed by atoms with Gasteiger partial charge in [-0.05, 0) is 93.0 Å². The third kappa shape index (κ3) is 4.40. The fraction of sp³-hybridized carbons (Fsp3) is 0.367. The Morgan fingerprint density at radius 2 is 1.93 bits per heavy atom. The van der Waals surface area contributed by atoms with Crippen LogP contribution < -0.4 is 0 Å². The van der Waals surface area contributed by atoms with Gasteiger partial charge in [0, 0.05) is 31.5 Å². The van der Waals surface area contributed by atoms with Gasteiger partial charge < -0.3 is 0 Å². The van der Waals surface area contributed by atoms with E-state index in [-0.39, 0.29) is 22.9 Å². The molecular formula is C30H30FN7O3S. The third-order valence-corrected chi connectivity index (χ3v) is 10.6. The summed E-state index contributed by atoms with van der Waals surface area (Å²) in [5.74, 6) is -0.692. The quantitative estimate of drug-likeness (QED) is 0.237. The molecule has 10 nitrogen and oxygen atoms in total. The molecule has 2 atom stereocenters. The summed E-state index contributed by atoms with van der Waals surface area (Å²) in [6.45, 7) is 1.92. The van der Waals surface area contributed by atoms with Crippen LogP contribution in [0.5, 0.6) is 0 Å². The van der Waals surface area contributed by atoms with Gasteiger partial charge >= 0.3 is 0 Å². The first kappa shape index (κ1) is 26.8. The lowest BCUT2D eigenvalue weighted by atomic mass is 9.60. The van der Waals surface area contributed by atoms with E-state index in [4.69, 9.17) is 0 Å². The second-order valence-corrected chi connectivity index (χ2v) is 13.4. The van der Waals surface area contributed by atoms with Crippen LogP contribution in [-0.4, -0.2) is 60.1 Å². The lowest BCUT2D eigenvalue weighted by Crippen LogP contribution is -2.51. The van der Waals surface area contributed by atoms with Crippen LogP contribution in [0, 0.1) is 18.3 Å². The summed E-state index contributed by atoms with van der Waals surface area (Å²) in [7, 11) is -2.18. The van der Waals surface area contributed by atoms with E-state index in [2.05, 4.69) is 20.2 Å². The van der Waals surface area contributed by atoms with Crippen molar-refractivity contribution in [2.45, 2.75) is 62.6 Å². The van der Waals surface area contributed by atoms with Crippen LogP contribution in [0.1, 0.15) is 59.4 Å². The van der Waals surface area contributed by atoms with Gasteiger partial charge in [0.25, 0.3) is 10.0 Å². The van der Waals surface area contributed by atoms with Crippen molar-refractivity contribution in [3.63, 3.8) is 0 Å². The van der Waals surface area contributed by atoms with E-state index in [9.17, 15) is 17.6 Å². The maximum atomic E-state index is 14.5. The SMILES string of the molecule is Cc1ccnc(C(=O)[C@]23Cc4cnn(-c5ccc(F)nc5)c4C=C2CC[C@H](N(C2CC2)S(=O)(=O)c2ccn(C)n2)C3)c1. The summed E-state index contributed by atoms with van der Waals surface area (Å²) >= 11 is 0. The monoisotopic (exact) mass is 587 g/mol. The molecule has 4 heterocycles. The Labute approximate surface area is 243 Å². The molecule has 0 amide bonds. The van der Waals surface area contributed by atoms with Crippen LogP contribution in [-0.2, 0) is 23.5 Å². The predicted molar refractivity (Wildman–Crippen MR) is 152 cm³/mol. The zero-order valence-corrected chi connectivity index (χ0v) is 24.1. The summed E-state index contributed by atoms with van der Waals surface area (Å²) in [6.07, 6.45) is 11.8. The van der Waals surface area contributed by atoms with E-state index in [1.54, 1.807) is 46.8 Å². The summed E-state index contributed by atoms with van der Waals surface area (Å²) in [5.41, 5.74) is 3.52. The second kappa shape index (κ2) is 9.77. The average Bonchev–Trinajstić information content (AvgIpc) is 3.55. The van der Waals surface area contributed by atoms with Crippen molar-refractivity contribution in [2.75, 3.05) is 0 Å². The summed E-state index contributed by atoms with van der Waals surface area (Å²) < 4.78 is 46.3. The standard InChI is InChI=1S/C30H30FN7O3S/c1-19-9-11-32-25(13-19)29(39)30-15-20-17-34-37(24-7-8-27(31)33-18-24)26(20)14-21(30)3-4-23(16-30)38(22-5-6-22)42(40,41)28-10-12-36(2)35-28/h7-14,17-18,22-23H,3-6,15-16H2,1-2H3/t23-,30-/m0/s1. The van der Waals surface area contributed by atoms with Crippen molar-refractivity contribution >= 4 is 21.9 Å². The number of sulfonamides is 1. The molecule has 216 valence electrons. The van der Waals surface area contributed by atoms with Gasteiger partial charge in [-0.2, -0.15) is 18.9 Å². The number of Topliss-reactive ketones (excluding diaryl/α,β-unsaturated/α-hetero) is 1. The van der Waals surface area contributed by atoms with Crippen LogP contribution in [0.4, 0.5) is 4.39 Å². The smallest absolute Gasteiger partial charge is 0.262 e. The molecule has 0 N–H and O–H groups in total. The summed E-state index contributed by atoms with van der Waals surface area (Å²) in [4.78, 5) is 22.8. The number of fused-ring (bicyclic) bond motifs is 2. The Morgan fingerprint density at radius 1 is 1.10 bits per heavy atom. The number of rotatable bonds is 7. The largest absolute Gasteiger partial charge is 0.291 e. The van der Waals surface area contributed by atoms with Crippen LogP contribution in [0.15, 0.2) is 65.7 Å².